The van der Waals surface area contributed by atoms with Crippen LogP contribution in [0.5, 0.6) is 11.5 Å². The van der Waals surface area contributed by atoms with Crippen LogP contribution in [-0.2, 0) is 24.1 Å². The number of benzene rings is 1. The molecule has 0 atom stereocenters. The van der Waals surface area contributed by atoms with E-state index in [0.29, 0.717) is 35.3 Å². The molecular formula is C28H38N2O4S. The van der Waals surface area contributed by atoms with Crippen molar-refractivity contribution in [3.05, 3.63) is 39.8 Å². The van der Waals surface area contributed by atoms with Gasteiger partial charge in [-0.15, -0.1) is 11.3 Å². The lowest BCUT2D eigenvalue weighted by Crippen LogP contribution is -2.36. The summed E-state index contributed by atoms with van der Waals surface area (Å²) in [5.74, 6) is 1.18. The van der Waals surface area contributed by atoms with Crippen molar-refractivity contribution in [1.82, 2.24) is 5.32 Å². The normalized spacial score (nSPS) is 16.2. The zero-order chi connectivity index (χ0) is 24.6. The largest absolute Gasteiger partial charge is 0.490 e. The third-order valence-electron chi connectivity index (χ3n) is 6.81. The highest BCUT2D eigenvalue weighted by molar-refractivity contribution is 7.17. The van der Waals surface area contributed by atoms with Gasteiger partial charge in [-0.2, -0.15) is 0 Å². The quantitative estimate of drug-likeness (QED) is 0.412. The first kappa shape index (κ1) is 25.5. The first-order chi connectivity index (χ1) is 17.1. The molecular weight excluding hydrogens is 460 g/mol. The molecule has 0 unspecified atom stereocenters. The van der Waals surface area contributed by atoms with E-state index in [1.165, 1.54) is 30.6 Å². The lowest BCUT2D eigenvalue weighted by molar-refractivity contribution is -0.115. The zero-order valence-electron chi connectivity index (χ0n) is 21.0. The topological polar surface area (TPSA) is 76.7 Å². The van der Waals surface area contributed by atoms with Gasteiger partial charge in [0.15, 0.2) is 11.5 Å². The number of hydrogen-bond donors (Lipinski definition) is 2. The van der Waals surface area contributed by atoms with Crippen LogP contribution in [0.15, 0.2) is 18.2 Å². The highest BCUT2D eigenvalue weighted by atomic mass is 32.1. The average molecular weight is 499 g/mol. The maximum atomic E-state index is 13.4. The number of aryl methyl sites for hydroxylation is 1. The Morgan fingerprint density at radius 2 is 1.66 bits per heavy atom. The summed E-state index contributed by atoms with van der Waals surface area (Å²) in [6.45, 7) is 4.93. The first-order valence-electron chi connectivity index (χ1n) is 13.2. The van der Waals surface area contributed by atoms with E-state index in [-0.39, 0.29) is 24.3 Å². The van der Waals surface area contributed by atoms with Crippen LogP contribution in [0.3, 0.4) is 0 Å². The van der Waals surface area contributed by atoms with Crippen molar-refractivity contribution in [2.45, 2.75) is 90.5 Å². The minimum atomic E-state index is -0.125. The molecule has 35 heavy (non-hydrogen) atoms. The van der Waals surface area contributed by atoms with Crippen LogP contribution in [0.2, 0.25) is 0 Å². The number of thiophene rings is 1. The molecule has 0 spiro atoms. The van der Waals surface area contributed by atoms with Gasteiger partial charge in [-0.25, -0.2) is 0 Å². The summed E-state index contributed by atoms with van der Waals surface area (Å²) < 4.78 is 11.4. The van der Waals surface area contributed by atoms with Gasteiger partial charge in [-0.05, 0) is 75.6 Å². The van der Waals surface area contributed by atoms with Crippen molar-refractivity contribution >= 4 is 28.2 Å². The van der Waals surface area contributed by atoms with Crippen LogP contribution >= 0.6 is 11.3 Å². The van der Waals surface area contributed by atoms with E-state index in [1.807, 2.05) is 32.0 Å². The first-order valence-corrected chi connectivity index (χ1v) is 14.0. The summed E-state index contributed by atoms with van der Waals surface area (Å²) in [6.07, 6.45) is 11.2. The van der Waals surface area contributed by atoms with E-state index in [9.17, 15) is 9.59 Å². The van der Waals surface area contributed by atoms with Crippen molar-refractivity contribution in [3.8, 4) is 11.5 Å². The number of carbonyl (C=O) groups excluding carboxylic acids is 2. The Balaban J connectivity index is 1.52. The van der Waals surface area contributed by atoms with Gasteiger partial charge in [0, 0.05) is 10.9 Å². The molecule has 2 aliphatic carbocycles. The molecule has 1 heterocycles. The Morgan fingerprint density at radius 1 is 0.943 bits per heavy atom. The lowest BCUT2D eigenvalue weighted by atomic mass is 9.95. The number of ether oxygens (including phenoxy) is 2. The number of rotatable bonds is 9. The molecule has 1 fully saturated rings. The van der Waals surface area contributed by atoms with Crippen LogP contribution in [0.25, 0.3) is 0 Å². The molecule has 0 radical (unpaired) electrons. The Kier molecular flexibility index (Phi) is 9.07. The number of nitrogens with one attached hydrogen (secondary N) is 2. The van der Waals surface area contributed by atoms with Crippen molar-refractivity contribution in [2.75, 3.05) is 18.5 Å². The van der Waals surface area contributed by atoms with Gasteiger partial charge in [-0.3, -0.25) is 9.59 Å². The molecule has 7 heteroatoms. The molecule has 1 aromatic heterocycles. The summed E-state index contributed by atoms with van der Waals surface area (Å²) in [6, 6.07) is 5.86. The summed E-state index contributed by atoms with van der Waals surface area (Å²) in [7, 11) is 0. The summed E-state index contributed by atoms with van der Waals surface area (Å²) in [4.78, 5) is 27.8. The van der Waals surface area contributed by atoms with E-state index in [0.717, 1.165) is 49.7 Å². The summed E-state index contributed by atoms with van der Waals surface area (Å²) >= 11 is 1.59. The second-order valence-electron chi connectivity index (χ2n) is 9.45. The Bertz CT molecular complexity index is 1030. The second-order valence-corrected chi connectivity index (χ2v) is 10.6. The number of hydrogen-bond acceptors (Lipinski definition) is 5. The monoisotopic (exact) mass is 498 g/mol. The van der Waals surface area contributed by atoms with E-state index >= 15 is 0 Å². The molecule has 190 valence electrons. The smallest absolute Gasteiger partial charge is 0.254 e. The van der Waals surface area contributed by atoms with Crippen LogP contribution in [0.1, 0.15) is 91.6 Å². The molecule has 1 aromatic carbocycles. The van der Waals surface area contributed by atoms with Gasteiger partial charge < -0.3 is 20.1 Å². The number of fused-ring (bicyclic) bond motifs is 1. The predicted octanol–water partition coefficient (Wildman–Crippen LogP) is 6.06. The van der Waals surface area contributed by atoms with Crippen LogP contribution in [-0.4, -0.2) is 31.1 Å². The van der Waals surface area contributed by atoms with Gasteiger partial charge in [-0.1, -0.05) is 31.7 Å². The van der Waals surface area contributed by atoms with Gasteiger partial charge in [0.25, 0.3) is 5.91 Å². The lowest BCUT2D eigenvalue weighted by Gasteiger charge is -2.23. The van der Waals surface area contributed by atoms with Gasteiger partial charge >= 0.3 is 0 Å². The fraction of sp³-hybridized carbons (Fsp3) is 0.571. The summed E-state index contributed by atoms with van der Waals surface area (Å²) in [5, 5.41) is 7.07. The average Bonchev–Trinajstić information content (AvgIpc) is 3.01. The Labute approximate surface area is 212 Å². The predicted molar refractivity (Wildman–Crippen MR) is 141 cm³/mol. The minimum absolute atomic E-state index is 0.0219. The maximum Gasteiger partial charge on any atom is 0.254 e. The van der Waals surface area contributed by atoms with Gasteiger partial charge in [0.2, 0.25) is 5.91 Å². The molecule has 6 nitrogen and oxygen atoms in total. The van der Waals surface area contributed by atoms with Crippen molar-refractivity contribution in [3.63, 3.8) is 0 Å². The number of anilines is 1. The standard InChI is InChI=1S/C28H38N2O4S/c1-3-33-22-16-15-19(17-23(22)34-4-2)18-25(31)30-28-26(21-13-9-6-10-14-24(21)35-28)27(32)29-20-11-7-5-8-12-20/h15-17,20H,3-14,18H2,1-2H3,(H,29,32)(H,30,31). The Morgan fingerprint density at radius 3 is 2.43 bits per heavy atom. The van der Waals surface area contributed by atoms with E-state index in [2.05, 4.69) is 10.6 Å². The second kappa shape index (κ2) is 12.4. The van der Waals surface area contributed by atoms with Crippen LogP contribution in [0, 0.1) is 0 Å². The molecule has 0 aliphatic heterocycles. The van der Waals surface area contributed by atoms with Crippen molar-refractivity contribution < 1.29 is 19.1 Å². The van der Waals surface area contributed by atoms with E-state index in [1.54, 1.807) is 11.3 Å². The van der Waals surface area contributed by atoms with Crippen LogP contribution in [0.4, 0.5) is 5.00 Å². The number of carbonyl (C=O) groups is 2. The maximum absolute atomic E-state index is 13.4. The molecule has 2 aliphatic rings. The fourth-order valence-corrected chi connectivity index (χ4v) is 6.44. The molecule has 0 bridgehead atoms. The van der Waals surface area contributed by atoms with Crippen molar-refractivity contribution in [2.24, 2.45) is 0 Å². The third-order valence-corrected chi connectivity index (χ3v) is 8.02. The van der Waals surface area contributed by atoms with E-state index in [4.69, 9.17) is 9.47 Å². The fourth-order valence-electron chi connectivity index (χ4n) is 5.14. The van der Waals surface area contributed by atoms with E-state index < -0.39 is 0 Å². The third kappa shape index (κ3) is 6.57. The summed E-state index contributed by atoms with van der Waals surface area (Å²) in [5.41, 5.74) is 2.70. The highest BCUT2D eigenvalue weighted by Gasteiger charge is 2.27. The number of amides is 2. The zero-order valence-corrected chi connectivity index (χ0v) is 21.9. The van der Waals surface area contributed by atoms with Gasteiger partial charge in [0.05, 0.1) is 25.2 Å². The minimum Gasteiger partial charge on any atom is -0.490 e. The molecule has 2 N–H and O–H groups in total. The molecule has 2 aromatic rings. The molecule has 1 saturated carbocycles. The highest BCUT2D eigenvalue weighted by Crippen LogP contribution is 2.38. The Hall–Kier alpha value is -2.54. The van der Waals surface area contributed by atoms with Crippen molar-refractivity contribution in [1.29, 1.82) is 0 Å². The molecule has 0 saturated heterocycles. The SMILES string of the molecule is CCOc1ccc(CC(=O)Nc2sc3c(c2C(=O)NC2CCCCC2)CCCCC3)cc1OCC. The molecule has 4 rings (SSSR count). The van der Waals surface area contributed by atoms with Crippen LogP contribution < -0.4 is 20.1 Å². The molecule has 2 amide bonds. The van der Waals surface area contributed by atoms with Gasteiger partial charge in [0.1, 0.15) is 5.00 Å².